The Kier molecular flexibility index (Phi) is 2.69. The van der Waals surface area contributed by atoms with E-state index in [9.17, 15) is 5.11 Å². The highest BCUT2D eigenvalue weighted by atomic mass is 16.3. The summed E-state index contributed by atoms with van der Waals surface area (Å²) in [5.41, 5.74) is 1.49. The smallest absolute Gasteiger partial charge is 0.0700 e. The minimum atomic E-state index is -0.142. The van der Waals surface area contributed by atoms with Crippen LogP contribution in [0.1, 0.15) is 6.42 Å². The quantitative estimate of drug-likeness (QED) is 0.581. The van der Waals surface area contributed by atoms with Crippen LogP contribution < -0.4 is 5.11 Å². The minimum absolute atomic E-state index is 0.142. The van der Waals surface area contributed by atoms with Gasteiger partial charge < -0.3 is 5.11 Å². The SMILES string of the molecule is [O-]C(=Nc1cccc2ccccc12)C1=CC=CC1. The first kappa shape index (κ1) is 10.8. The maximum atomic E-state index is 12.0. The zero-order chi connectivity index (χ0) is 12.4. The van der Waals surface area contributed by atoms with E-state index in [0.29, 0.717) is 6.42 Å². The highest BCUT2D eigenvalue weighted by Crippen LogP contribution is 2.26. The van der Waals surface area contributed by atoms with Crippen LogP contribution in [0.3, 0.4) is 0 Å². The summed E-state index contributed by atoms with van der Waals surface area (Å²) in [4.78, 5) is 4.22. The second-order valence-corrected chi connectivity index (χ2v) is 4.24. The maximum Gasteiger partial charge on any atom is 0.0700 e. The predicted molar refractivity (Wildman–Crippen MR) is 72.9 cm³/mol. The molecular weight excluding hydrogens is 222 g/mol. The lowest BCUT2D eigenvalue weighted by Gasteiger charge is -2.12. The number of fused-ring (bicyclic) bond motifs is 1. The van der Waals surface area contributed by atoms with Gasteiger partial charge in [-0.3, -0.25) is 4.99 Å². The molecule has 2 aromatic carbocycles. The molecule has 1 aliphatic carbocycles. The molecule has 88 valence electrons. The molecule has 0 saturated heterocycles. The Balaban J connectivity index is 2.07. The van der Waals surface area contributed by atoms with E-state index in [4.69, 9.17) is 0 Å². The molecule has 1 aliphatic rings. The average molecular weight is 234 g/mol. The lowest BCUT2D eigenvalue weighted by atomic mass is 10.1. The van der Waals surface area contributed by atoms with Gasteiger partial charge in [0.15, 0.2) is 0 Å². The molecule has 0 unspecified atom stereocenters. The molecule has 0 heterocycles. The monoisotopic (exact) mass is 234 g/mol. The second kappa shape index (κ2) is 4.49. The number of benzene rings is 2. The first-order valence-electron chi connectivity index (χ1n) is 5.94. The summed E-state index contributed by atoms with van der Waals surface area (Å²) in [5, 5.41) is 14.1. The van der Waals surface area contributed by atoms with Crippen molar-refractivity contribution in [3.05, 3.63) is 66.3 Å². The van der Waals surface area contributed by atoms with E-state index < -0.39 is 0 Å². The van der Waals surface area contributed by atoms with Crippen LogP contribution in [0.25, 0.3) is 10.8 Å². The van der Waals surface area contributed by atoms with Crippen molar-refractivity contribution in [3.8, 4) is 0 Å². The number of allylic oxidation sites excluding steroid dienone is 3. The third-order valence-corrected chi connectivity index (χ3v) is 3.03. The summed E-state index contributed by atoms with van der Waals surface area (Å²) in [7, 11) is 0. The Morgan fingerprint density at radius 1 is 1.06 bits per heavy atom. The van der Waals surface area contributed by atoms with E-state index in [2.05, 4.69) is 4.99 Å². The van der Waals surface area contributed by atoms with E-state index in [1.807, 2.05) is 60.7 Å². The standard InChI is InChI=1S/C16H13NO/c18-16(13-7-1-2-8-13)17-15-11-5-9-12-6-3-4-10-14(12)15/h1-7,9-11H,8H2,(H,17,18)/p-1. The Bertz CT molecular complexity index is 675. The fourth-order valence-electron chi connectivity index (χ4n) is 2.09. The van der Waals surface area contributed by atoms with Gasteiger partial charge >= 0.3 is 0 Å². The van der Waals surface area contributed by atoms with Crippen molar-refractivity contribution < 1.29 is 5.11 Å². The molecule has 0 fully saturated rings. The largest absolute Gasteiger partial charge is 0.858 e. The third-order valence-electron chi connectivity index (χ3n) is 3.03. The number of rotatable bonds is 2. The van der Waals surface area contributed by atoms with Crippen LogP contribution >= 0.6 is 0 Å². The van der Waals surface area contributed by atoms with Crippen molar-refractivity contribution >= 4 is 22.4 Å². The van der Waals surface area contributed by atoms with Gasteiger partial charge in [0.05, 0.1) is 5.69 Å². The van der Waals surface area contributed by atoms with Gasteiger partial charge in [0.25, 0.3) is 0 Å². The Morgan fingerprint density at radius 3 is 2.72 bits per heavy atom. The van der Waals surface area contributed by atoms with E-state index >= 15 is 0 Å². The minimum Gasteiger partial charge on any atom is -0.858 e. The van der Waals surface area contributed by atoms with E-state index in [-0.39, 0.29) is 5.90 Å². The topological polar surface area (TPSA) is 35.4 Å². The van der Waals surface area contributed by atoms with Crippen LogP contribution in [0.4, 0.5) is 5.69 Å². The molecule has 0 aromatic heterocycles. The zero-order valence-corrected chi connectivity index (χ0v) is 9.84. The lowest BCUT2D eigenvalue weighted by Crippen LogP contribution is -2.18. The molecule has 2 nitrogen and oxygen atoms in total. The highest BCUT2D eigenvalue weighted by molar-refractivity contribution is 5.98. The molecule has 3 rings (SSSR count). The Hall–Kier alpha value is -2.35. The van der Waals surface area contributed by atoms with Crippen molar-refractivity contribution in [2.45, 2.75) is 6.42 Å². The van der Waals surface area contributed by atoms with Gasteiger partial charge in [-0.25, -0.2) is 0 Å². The fraction of sp³-hybridized carbons (Fsp3) is 0.0625. The van der Waals surface area contributed by atoms with E-state index in [0.717, 1.165) is 22.0 Å². The molecule has 0 N–H and O–H groups in total. The lowest BCUT2D eigenvalue weighted by molar-refractivity contribution is -0.213. The summed E-state index contributed by atoms with van der Waals surface area (Å²) in [6.45, 7) is 0. The molecule has 0 amide bonds. The van der Waals surface area contributed by atoms with E-state index in [1.165, 1.54) is 0 Å². The summed E-state index contributed by atoms with van der Waals surface area (Å²) < 4.78 is 0. The molecular formula is C16H12NO-. The number of aliphatic imine (C=N–C) groups is 1. The molecule has 0 aliphatic heterocycles. The van der Waals surface area contributed by atoms with Crippen molar-refractivity contribution in [2.24, 2.45) is 4.99 Å². The van der Waals surface area contributed by atoms with Gasteiger partial charge in [-0.15, -0.1) is 0 Å². The summed E-state index contributed by atoms with van der Waals surface area (Å²) in [6, 6.07) is 13.8. The van der Waals surface area contributed by atoms with E-state index in [1.54, 1.807) is 0 Å². The van der Waals surface area contributed by atoms with Crippen LogP contribution in [0.5, 0.6) is 0 Å². The first-order chi connectivity index (χ1) is 8.84. The van der Waals surface area contributed by atoms with Gasteiger partial charge in [0.1, 0.15) is 0 Å². The molecule has 0 radical (unpaired) electrons. The van der Waals surface area contributed by atoms with Gasteiger partial charge in [-0.2, -0.15) is 0 Å². The van der Waals surface area contributed by atoms with Crippen LogP contribution in [0.15, 0.2) is 71.3 Å². The van der Waals surface area contributed by atoms with Crippen LogP contribution in [0.2, 0.25) is 0 Å². The first-order valence-corrected chi connectivity index (χ1v) is 5.94. The summed E-state index contributed by atoms with van der Waals surface area (Å²) in [5.74, 6) is -0.142. The molecule has 0 atom stereocenters. The summed E-state index contributed by atoms with van der Waals surface area (Å²) >= 11 is 0. The van der Waals surface area contributed by atoms with Gasteiger partial charge in [0.2, 0.25) is 0 Å². The molecule has 2 aromatic rings. The van der Waals surface area contributed by atoms with Gasteiger partial charge in [0, 0.05) is 5.39 Å². The van der Waals surface area contributed by atoms with Crippen LogP contribution in [-0.2, 0) is 0 Å². The number of nitrogens with zero attached hydrogens (tertiary/aromatic N) is 1. The maximum absolute atomic E-state index is 12.0. The fourth-order valence-corrected chi connectivity index (χ4v) is 2.09. The third kappa shape index (κ3) is 1.93. The normalized spacial score (nSPS) is 15.1. The Morgan fingerprint density at radius 2 is 1.89 bits per heavy atom. The Labute approximate surface area is 106 Å². The van der Waals surface area contributed by atoms with Crippen molar-refractivity contribution in [3.63, 3.8) is 0 Å². The average Bonchev–Trinajstić information content (AvgIpc) is 2.93. The second-order valence-electron chi connectivity index (χ2n) is 4.24. The molecule has 18 heavy (non-hydrogen) atoms. The van der Waals surface area contributed by atoms with Crippen molar-refractivity contribution in [1.82, 2.24) is 0 Å². The molecule has 0 spiro atoms. The van der Waals surface area contributed by atoms with Crippen molar-refractivity contribution in [1.29, 1.82) is 0 Å². The molecule has 0 bridgehead atoms. The summed E-state index contributed by atoms with van der Waals surface area (Å²) in [6.07, 6.45) is 6.38. The molecule has 2 heteroatoms. The van der Waals surface area contributed by atoms with Gasteiger partial charge in [-0.1, -0.05) is 54.6 Å². The number of hydrogen-bond donors (Lipinski definition) is 0. The zero-order valence-electron chi connectivity index (χ0n) is 9.84. The molecule has 0 saturated carbocycles. The van der Waals surface area contributed by atoms with Crippen molar-refractivity contribution in [2.75, 3.05) is 0 Å². The predicted octanol–water partition coefficient (Wildman–Crippen LogP) is 3.12. The van der Waals surface area contributed by atoms with Gasteiger partial charge in [-0.05, 0) is 29.3 Å². The highest BCUT2D eigenvalue weighted by Gasteiger charge is 2.01. The van der Waals surface area contributed by atoms with Crippen LogP contribution in [0, 0.1) is 0 Å². The number of hydrogen-bond acceptors (Lipinski definition) is 2. The van der Waals surface area contributed by atoms with Crippen LogP contribution in [-0.4, -0.2) is 5.90 Å².